The highest BCUT2D eigenvalue weighted by molar-refractivity contribution is 7.98. The third-order valence-electron chi connectivity index (χ3n) is 3.38. The minimum atomic E-state index is -0.656. The molecule has 0 fully saturated rings. The highest BCUT2D eigenvalue weighted by Gasteiger charge is 2.37. The summed E-state index contributed by atoms with van der Waals surface area (Å²) >= 11 is 1.35. The predicted octanol–water partition coefficient (Wildman–Crippen LogP) is 3.65. The second-order valence-corrected chi connectivity index (χ2v) is 8.14. The van der Waals surface area contributed by atoms with Crippen LogP contribution in [0.4, 0.5) is 8.78 Å². The number of amides is 1. The van der Waals surface area contributed by atoms with Crippen LogP contribution in [0.15, 0.2) is 23.4 Å². The van der Waals surface area contributed by atoms with Gasteiger partial charge < -0.3 is 10.2 Å². The molecule has 1 aliphatic rings. The van der Waals surface area contributed by atoms with E-state index in [1.807, 2.05) is 27.7 Å². The summed E-state index contributed by atoms with van der Waals surface area (Å²) in [5.74, 6) is -0.697. The van der Waals surface area contributed by atoms with Crippen LogP contribution in [0.2, 0.25) is 0 Å². The van der Waals surface area contributed by atoms with Gasteiger partial charge in [0.15, 0.2) is 0 Å². The third-order valence-corrected chi connectivity index (χ3v) is 4.69. The van der Waals surface area contributed by atoms with E-state index in [-0.39, 0.29) is 22.8 Å². The molecule has 0 saturated heterocycles. The Kier molecular flexibility index (Phi) is 5.52. The van der Waals surface area contributed by atoms with Gasteiger partial charge in [-0.05, 0) is 39.8 Å². The molecule has 0 aliphatic carbocycles. The Morgan fingerprint density at radius 2 is 2.00 bits per heavy atom. The van der Waals surface area contributed by atoms with Gasteiger partial charge in [-0.15, -0.1) is 0 Å². The average Bonchev–Trinajstić information content (AvgIpc) is 2.83. The van der Waals surface area contributed by atoms with Gasteiger partial charge in [-0.3, -0.25) is 4.79 Å². The fourth-order valence-electron chi connectivity index (χ4n) is 2.24. The molecule has 1 unspecified atom stereocenters. The second kappa shape index (κ2) is 7.09. The van der Waals surface area contributed by atoms with Crippen molar-refractivity contribution >= 4 is 23.4 Å². The summed E-state index contributed by atoms with van der Waals surface area (Å²) in [5.41, 5.74) is -0.618. The van der Waals surface area contributed by atoms with Gasteiger partial charge in [-0.25, -0.2) is 8.78 Å². The molecule has 4 nitrogen and oxygen atoms in total. The summed E-state index contributed by atoms with van der Waals surface area (Å²) < 4.78 is 27.2. The lowest BCUT2D eigenvalue weighted by atomic mass is 10.0. The SMILES string of the molecule is CC(C)(C)NC(=O)C1=NOC(C)(CSCc2c(F)cccc2F)C1. The predicted molar refractivity (Wildman–Crippen MR) is 92.0 cm³/mol. The van der Waals surface area contributed by atoms with Gasteiger partial charge >= 0.3 is 0 Å². The summed E-state index contributed by atoms with van der Waals surface area (Å²) in [6.45, 7) is 7.50. The van der Waals surface area contributed by atoms with Crippen LogP contribution in [0.1, 0.15) is 39.7 Å². The van der Waals surface area contributed by atoms with Crippen LogP contribution in [0.3, 0.4) is 0 Å². The molecule has 2 rings (SSSR count). The largest absolute Gasteiger partial charge is 0.388 e. The number of oxime groups is 1. The molecule has 24 heavy (non-hydrogen) atoms. The zero-order valence-corrected chi connectivity index (χ0v) is 15.1. The number of carbonyl (C=O) groups excluding carboxylic acids is 1. The van der Waals surface area contributed by atoms with Crippen molar-refractivity contribution in [3.63, 3.8) is 0 Å². The number of hydrogen-bond acceptors (Lipinski definition) is 4. The van der Waals surface area contributed by atoms with Crippen molar-refractivity contribution in [2.24, 2.45) is 5.16 Å². The number of thioether (sulfide) groups is 1. The molecule has 0 aromatic heterocycles. The van der Waals surface area contributed by atoms with Gasteiger partial charge in [-0.1, -0.05) is 11.2 Å². The van der Waals surface area contributed by atoms with Crippen LogP contribution in [-0.4, -0.2) is 28.5 Å². The lowest BCUT2D eigenvalue weighted by Gasteiger charge is -2.22. The standard InChI is InChI=1S/C17H22F2N2O2S/c1-16(2,3)20-15(22)14-8-17(4,23-21-14)10-24-9-11-12(18)6-5-7-13(11)19/h5-7H,8-10H2,1-4H3,(H,20,22). The van der Waals surface area contributed by atoms with E-state index in [0.29, 0.717) is 17.9 Å². The van der Waals surface area contributed by atoms with Crippen molar-refractivity contribution in [3.05, 3.63) is 35.4 Å². The Labute approximate surface area is 145 Å². The van der Waals surface area contributed by atoms with E-state index in [1.165, 1.54) is 30.0 Å². The van der Waals surface area contributed by atoms with Crippen molar-refractivity contribution in [3.8, 4) is 0 Å². The molecule has 132 valence electrons. The first kappa shape index (κ1) is 18.7. The van der Waals surface area contributed by atoms with Gasteiger partial charge in [0.25, 0.3) is 5.91 Å². The quantitative estimate of drug-likeness (QED) is 0.876. The number of hydrogen-bond donors (Lipinski definition) is 1. The first-order chi connectivity index (χ1) is 11.1. The Balaban J connectivity index is 1.87. The van der Waals surface area contributed by atoms with Crippen LogP contribution < -0.4 is 5.32 Å². The second-order valence-electron chi connectivity index (χ2n) is 7.15. The number of benzene rings is 1. The van der Waals surface area contributed by atoms with Gasteiger partial charge in [0.05, 0.1) is 0 Å². The van der Waals surface area contributed by atoms with Gasteiger partial charge in [0.2, 0.25) is 0 Å². The molecule has 1 aromatic carbocycles. The molecule has 1 aromatic rings. The average molecular weight is 356 g/mol. The molecule has 1 N–H and O–H groups in total. The van der Waals surface area contributed by atoms with Crippen LogP contribution in [0, 0.1) is 11.6 Å². The lowest BCUT2D eigenvalue weighted by Crippen LogP contribution is -2.44. The summed E-state index contributed by atoms with van der Waals surface area (Å²) in [5, 5.41) is 6.72. The molecule has 1 aliphatic heterocycles. The number of carbonyl (C=O) groups is 1. The zero-order chi connectivity index (χ0) is 18.0. The minimum Gasteiger partial charge on any atom is -0.388 e. The Morgan fingerprint density at radius 1 is 1.38 bits per heavy atom. The first-order valence-corrected chi connectivity index (χ1v) is 8.83. The van der Waals surface area contributed by atoms with Gasteiger partial charge in [0.1, 0.15) is 22.9 Å². The molecule has 0 bridgehead atoms. The molecule has 1 heterocycles. The van der Waals surface area contributed by atoms with Crippen molar-refractivity contribution in [2.75, 3.05) is 5.75 Å². The number of nitrogens with zero attached hydrogens (tertiary/aromatic N) is 1. The van der Waals surface area contributed by atoms with E-state index >= 15 is 0 Å². The molecule has 0 radical (unpaired) electrons. The maximum atomic E-state index is 13.6. The highest BCUT2D eigenvalue weighted by Crippen LogP contribution is 2.30. The maximum absolute atomic E-state index is 13.6. The molecular weight excluding hydrogens is 334 g/mol. The van der Waals surface area contributed by atoms with E-state index in [9.17, 15) is 13.6 Å². The summed E-state index contributed by atoms with van der Waals surface area (Å²) in [4.78, 5) is 17.5. The summed E-state index contributed by atoms with van der Waals surface area (Å²) in [6, 6.07) is 3.82. The highest BCUT2D eigenvalue weighted by atomic mass is 32.2. The van der Waals surface area contributed by atoms with Crippen LogP contribution in [0.5, 0.6) is 0 Å². The molecule has 1 amide bonds. The molecule has 7 heteroatoms. The third kappa shape index (κ3) is 4.93. The van der Waals surface area contributed by atoms with E-state index in [4.69, 9.17) is 4.84 Å². The summed E-state index contributed by atoms with van der Waals surface area (Å²) in [6.07, 6.45) is 0.363. The Morgan fingerprint density at radius 3 is 2.58 bits per heavy atom. The van der Waals surface area contributed by atoms with Crippen molar-refractivity contribution in [2.45, 2.75) is 51.0 Å². The fraction of sp³-hybridized carbons (Fsp3) is 0.529. The van der Waals surface area contributed by atoms with Crippen LogP contribution in [-0.2, 0) is 15.4 Å². The topological polar surface area (TPSA) is 50.7 Å². The van der Waals surface area contributed by atoms with E-state index in [2.05, 4.69) is 10.5 Å². The molecular formula is C17H22F2N2O2S. The smallest absolute Gasteiger partial charge is 0.269 e. The van der Waals surface area contributed by atoms with Gasteiger partial charge in [0, 0.05) is 29.0 Å². The first-order valence-electron chi connectivity index (χ1n) is 7.68. The van der Waals surface area contributed by atoms with Crippen molar-refractivity contribution in [1.29, 1.82) is 0 Å². The maximum Gasteiger partial charge on any atom is 0.269 e. The normalized spacial score (nSPS) is 20.5. The Bertz CT molecular complexity index is 638. The van der Waals surface area contributed by atoms with E-state index in [0.717, 1.165) is 0 Å². The van der Waals surface area contributed by atoms with Crippen molar-refractivity contribution < 1.29 is 18.4 Å². The fourth-order valence-corrected chi connectivity index (χ4v) is 3.40. The molecule has 0 spiro atoms. The number of nitrogens with one attached hydrogen (secondary N) is 1. The molecule has 0 saturated carbocycles. The summed E-state index contributed by atoms with van der Waals surface area (Å²) in [7, 11) is 0. The monoisotopic (exact) mass is 356 g/mol. The molecule has 1 atom stereocenters. The zero-order valence-electron chi connectivity index (χ0n) is 14.3. The van der Waals surface area contributed by atoms with Crippen molar-refractivity contribution in [1.82, 2.24) is 5.32 Å². The van der Waals surface area contributed by atoms with Crippen LogP contribution >= 0.6 is 11.8 Å². The Hall–Kier alpha value is -1.63. The van der Waals surface area contributed by atoms with E-state index in [1.54, 1.807) is 0 Å². The van der Waals surface area contributed by atoms with Crippen LogP contribution in [0.25, 0.3) is 0 Å². The van der Waals surface area contributed by atoms with Gasteiger partial charge in [-0.2, -0.15) is 11.8 Å². The van der Waals surface area contributed by atoms with E-state index < -0.39 is 17.2 Å². The minimum absolute atomic E-state index is 0.0516. The number of halogens is 2. The lowest BCUT2D eigenvalue weighted by molar-refractivity contribution is -0.116. The number of rotatable bonds is 5.